The van der Waals surface area contributed by atoms with E-state index in [9.17, 15) is 23.1 Å². The Morgan fingerprint density at radius 2 is 2.04 bits per heavy atom. The maximum absolute atomic E-state index is 13.1. The lowest BCUT2D eigenvalue weighted by molar-refractivity contribution is -0.140. The first-order chi connectivity index (χ1) is 11.4. The normalized spacial score (nSPS) is 18.8. The SMILES string of the molecule is COC(=O)c1sc2ccccc2c1S(=O)(=O)N1CCCC1C(=O)O. The van der Waals surface area contributed by atoms with Crippen LogP contribution in [0.4, 0.5) is 0 Å². The number of hydrogen-bond donors (Lipinski definition) is 1. The molecule has 0 aliphatic carbocycles. The van der Waals surface area contributed by atoms with Gasteiger partial charge in [-0.15, -0.1) is 11.3 Å². The van der Waals surface area contributed by atoms with Crippen molar-refractivity contribution in [2.45, 2.75) is 23.8 Å². The van der Waals surface area contributed by atoms with Gasteiger partial charge < -0.3 is 9.84 Å². The molecule has 1 aliphatic heterocycles. The quantitative estimate of drug-likeness (QED) is 0.827. The second-order valence-electron chi connectivity index (χ2n) is 5.36. The highest BCUT2D eigenvalue weighted by atomic mass is 32.2. The molecule has 24 heavy (non-hydrogen) atoms. The third kappa shape index (κ3) is 2.58. The number of carbonyl (C=O) groups is 2. The van der Waals surface area contributed by atoms with Crippen molar-refractivity contribution in [1.29, 1.82) is 0 Å². The monoisotopic (exact) mass is 369 g/mol. The average molecular weight is 369 g/mol. The standard InChI is InChI=1S/C15H15NO6S2/c1-22-15(19)12-13(9-5-2-3-7-11(9)23-12)24(20,21)16-8-4-6-10(16)14(17)18/h2-3,5,7,10H,4,6,8H2,1H3,(H,17,18). The zero-order chi connectivity index (χ0) is 17.5. The highest BCUT2D eigenvalue weighted by molar-refractivity contribution is 7.89. The van der Waals surface area contributed by atoms with E-state index < -0.39 is 28.0 Å². The maximum atomic E-state index is 13.1. The summed E-state index contributed by atoms with van der Waals surface area (Å²) in [5.41, 5.74) is 0. The van der Waals surface area contributed by atoms with E-state index in [4.69, 9.17) is 4.74 Å². The molecule has 2 aromatic rings. The maximum Gasteiger partial charge on any atom is 0.349 e. The van der Waals surface area contributed by atoms with E-state index >= 15 is 0 Å². The van der Waals surface area contributed by atoms with Gasteiger partial charge in [-0.05, 0) is 18.9 Å². The summed E-state index contributed by atoms with van der Waals surface area (Å²) in [6.07, 6.45) is 0.718. The fourth-order valence-electron chi connectivity index (χ4n) is 2.90. The summed E-state index contributed by atoms with van der Waals surface area (Å²) in [7, 11) is -2.96. The number of thiophene rings is 1. The van der Waals surface area contributed by atoms with Crippen molar-refractivity contribution in [3.8, 4) is 0 Å². The Morgan fingerprint density at radius 3 is 2.71 bits per heavy atom. The van der Waals surface area contributed by atoms with Crippen LogP contribution in [0.3, 0.4) is 0 Å². The number of ether oxygens (including phenoxy) is 1. The molecule has 1 aromatic heterocycles. The number of methoxy groups -OCH3 is 1. The summed E-state index contributed by atoms with van der Waals surface area (Å²) in [4.78, 5) is 23.2. The van der Waals surface area contributed by atoms with Crippen LogP contribution in [0, 0.1) is 0 Å². The number of carbonyl (C=O) groups excluding carboxylic acids is 1. The van der Waals surface area contributed by atoms with Crippen molar-refractivity contribution in [2.75, 3.05) is 13.7 Å². The molecule has 0 radical (unpaired) electrons. The summed E-state index contributed by atoms with van der Waals surface area (Å²) in [6, 6.07) is 5.63. The topological polar surface area (TPSA) is 101 Å². The zero-order valence-electron chi connectivity index (χ0n) is 12.8. The molecule has 7 nitrogen and oxygen atoms in total. The van der Waals surface area contributed by atoms with E-state index in [1.54, 1.807) is 24.3 Å². The van der Waals surface area contributed by atoms with Crippen LogP contribution < -0.4 is 0 Å². The number of aliphatic carboxylic acids is 1. The first kappa shape index (κ1) is 16.9. The van der Waals surface area contributed by atoms with Crippen molar-refractivity contribution in [3.05, 3.63) is 29.1 Å². The zero-order valence-corrected chi connectivity index (χ0v) is 14.4. The van der Waals surface area contributed by atoms with Gasteiger partial charge in [0, 0.05) is 16.6 Å². The fraction of sp³-hybridized carbons (Fsp3) is 0.333. The molecule has 0 amide bonds. The number of sulfonamides is 1. The number of fused-ring (bicyclic) bond motifs is 1. The predicted molar refractivity (Wildman–Crippen MR) is 87.7 cm³/mol. The molecule has 1 fully saturated rings. The minimum absolute atomic E-state index is 0.0326. The van der Waals surface area contributed by atoms with Crippen molar-refractivity contribution in [3.63, 3.8) is 0 Å². The van der Waals surface area contributed by atoms with Gasteiger partial charge in [-0.1, -0.05) is 18.2 Å². The average Bonchev–Trinajstić information content (AvgIpc) is 3.19. The highest BCUT2D eigenvalue weighted by Gasteiger charge is 2.42. The van der Waals surface area contributed by atoms with Crippen LogP contribution in [0.15, 0.2) is 29.2 Å². The lowest BCUT2D eigenvalue weighted by Gasteiger charge is -2.21. The molecule has 0 saturated carbocycles. The second-order valence-corrected chi connectivity index (χ2v) is 8.24. The van der Waals surface area contributed by atoms with Gasteiger partial charge in [0.05, 0.1) is 7.11 Å². The van der Waals surface area contributed by atoms with Gasteiger partial charge >= 0.3 is 11.9 Å². The van der Waals surface area contributed by atoms with Crippen molar-refractivity contribution in [1.82, 2.24) is 4.31 Å². The van der Waals surface area contributed by atoms with Gasteiger partial charge in [0.2, 0.25) is 10.0 Å². The van der Waals surface area contributed by atoms with E-state index in [1.807, 2.05) is 0 Å². The predicted octanol–water partition coefficient (Wildman–Crippen LogP) is 1.93. The first-order valence-electron chi connectivity index (χ1n) is 7.22. The lowest BCUT2D eigenvalue weighted by atomic mass is 10.2. The minimum Gasteiger partial charge on any atom is -0.480 e. The molecule has 3 rings (SSSR count). The molecule has 1 aliphatic rings. The molecule has 2 heterocycles. The Balaban J connectivity index is 2.24. The summed E-state index contributed by atoms with van der Waals surface area (Å²) < 4.78 is 32.6. The molecule has 9 heteroatoms. The van der Waals surface area contributed by atoms with Crippen LogP contribution in [0.2, 0.25) is 0 Å². The summed E-state index contributed by atoms with van der Waals surface area (Å²) in [6.45, 7) is 0.115. The second kappa shape index (κ2) is 6.15. The van der Waals surface area contributed by atoms with E-state index in [0.29, 0.717) is 16.5 Å². The van der Waals surface area contributed by atoms with E-state index in [1.165, 1.54) is 7.11 Å². The van der Waals surface area contributed by atoms with Crippen LogP contribution in [0.5, 0.6) is 0 Å². The lowest BCUT2D eigenvalue weighted by Crippen LogP contribution is -2.40. The molecule has 128 valence electrons. The fourth-order valence-corrected chi connectivity index (χ4v) is 6.33. The third-order valence-corrected chi connectivity index (χ3v) is 7.25. The summed E-state index contributed by atoms with van der Waals surface area (Å²) in [5, 5.41) is 9.69. The Bertz CT molecular complexity index is 917. The minimum atomic E-state index is -4.14. The summed E-state index contributed by atoms with van der Waals surface area (Å²) >= 11 is 1.02. The van der Waals surface area contributed by atoms with Crippen LogP contribution in [0.1, 0.15) is 22.5 Å². The van der Waals surface area contributed by atoms with E-state index in [0.717, 1.165) is 15.6 Å². The number of rotatable bonds is 4. The van der Waals surface area contributed by atoms with Crippen LogP contribution in [-0.4, -0.2) is 49.5 Å². The molecule has 1 atom stereocenters. The van der Waals surface area contributed by atoms with Crippen LogP contribution in [0.25, 0.3) is 10.1 Å². The number of nitrogens with zero attached hydrogens (tertiary/aromatic N) is 1. The Morgan fingerprint density at radius 1 is 1.33 bits per heavy atom. The first-order valence-corrected chi connectivity index (χ1v) is 9.48. The number of esters is 1. The van der Waals surface area contributed by atoms with E-state index in [-0.39, 0.29) is 22.7 Å². The van der Waals surface area contributed by atoms with Crippen molar-refractivity contribution >= 4 is 43.4 Å². The van der Waals surface area contributed by atoms with Gasteiger partial charge in [0.1, 0.15) is 15.8 Å². The third-order valence-electron chi connectivity index (χ3n) is 3.98. The van der Waals surface area contributed by atoms with Crippen molar-refractivity contribution in [2.24, 2.45) is 0 Å². The molecule has 0 spiro atoms. The van der Waals surface area contributed by atoms with Gasteiger partial charge in [-0.3, -0.25) is 4.79 Å². The molecule has 1 saturated heterocycles. The van der Waals surface area contributed by atoms with Crippen LogP contribution >= 0.6 is 11.3 Å². The largest absolute Gasteiger partial charge is 0.480 e. The smallest absolute Gasteiger partial charge is 0.349 e. The van der Waals surface area contributed by atoms with Gasteiger partial charge in [0.25, 0.3) is 0 Å². The van der Waals surface area contributed by atoms with Crippen molar-refractivity contribution < 1.29 is 27.9 Å². The highest BCUT2D eigenvalue weighted by Crippen LogP contribution is 2.38. The summed E-state index contributed by atoms with van der Waals surface area (Å²) in [5.74, 6) is -1.93. The number of carboxylic acid groups (broad SMARTS) is 1. The molecular weight excluding hydrogens is 354 g/mol. The Hall–Kier alpha value is -1.97. The number of carboxylic acids is 1. The molecule has 0 bridgehead atoms. The van der Waals surface area contributed by atoms with Gasteiger partial charge in [0.15, 0.2) is 0 Å². The van der Waals surface area contributed by atoms with Gasteiger partial charge in [-0.25, -0.2) is 13.2 Å². The number of benzene rings is 1. The molecule has 1 aromatic carbocycles. The molecule has 1 unspecified atom stereocenters. The van der Waals surface area contributed by atoms with Crippen LogP contribution in [-0.2, 0) is 19.6 Å². The number of hydrogen-bond acceptors (Lipinski definition) is 6. The Kier molecular flexibility index (Phi) is 4.33. The van der Waals surface area contributed by atoms with Gasteiger partial charge in [-0.2, -0.15) is 4.31 Å². The van der Waals surface area contributed by atoms with E-state index in [2.05, 4.69) is 0 Å². The molecular formula is C15H15NO6S2. The Labute approximate surface area is 142 Å². The molecule has 1 N–H and O–H groups in total.